The Morgan fingerprint density at radius 2 is 2.27 bits per heavy atom. The number of fused-ring (bicyclic) bond motifs is 1. The molecule has 0 saturated carbocycles. The molecule has 0 radical (unpaired) electrons. The summed E-state index contributed by atoms with van der Waals surface area (Å²) >= 11 is 0. The van der Waals surface area contributed by atoms with Gasteiger partial charge in [0.05, 0.1) is 24.5 Å². The zero-order chi connectivity index (χ0) is 17.8. The maximum Gasteiger partial charge on any atom is 0.224 e. The fourth-order valence-corrected chi connectivity index (χ4v) is 3.09. The minimum Gasteiger partial charge on any atom is -0.326 e. The molecule has 134 valence electrons. The molecule has 0 saturated heterocycles. The number of amides is 1. The molecule has 4 rings (SSSR count). The van der Waals surface area contributed by atoms with Gasteiger partial charge in [-0.1, -0.05) is 12.1 Å². The van der Waals surface area contributed by atoms with E-state index >= 15 is 0 Å². The van der Waals surface area contributed by atoms with E-state index in [0.717, 1.165) is 36.6 Å². The van der Waals surface area contributed by atoms with E-state index in [2.05, 4.69) is 31.9 Å². The summed E-state index contributed by atoms with van der Waals surface area (Å²) in [7, 11) is 0. The molecule has 1 amide bonds. The number of rotatable bonds is 6. The molecular weight excluding hydrogens is 330 g/mol. The van der Waals surface area contributed by atoms with Crippen molar-refractivity contribution in [2.45, 2.75) is 32.5 Å². The molecule has 0 unspecified atom stereocenters. The van der Waals surface area contributed by atoms with Crippen LogP contribution in [0.3, 0.4) is 0 Å². The molecule has 1 aliphatic heterocycles. The largest absolute Gasteiger partial charge is 0.326 e. The number of benzene rings is 1. The van der Waals surface area contributed by atoms with Gasteiger partial charge in [-0.2, -0.15) is 10.2 Å². The van der Waals surface area contributed by atoms with Crippen LogP contribution in [-0.4, -0.2) is 37.0 Å². The lowest BCUT2D eigenvalue weighted by Gasteiger charge is -2.13. The molecular formula is C18H21N7O. The van der Waals surface area contributed by atoms with Crippen LogP contribution < -0.4 is 10.6 Å². The Kier molecular flexibility index (Phi) is 4.74. The second-order valence-corrected chi connectivity index (χ2v) is 6.37. The number of nitrogens with one attached hydrogen (secondary N) is 2. The predicted octanol–water partition coefficient (Wildman–Crippen LogP) is 1.20. The van der Waals surface area contributed by atoms with Crippen LogP contribution in [0.25, 0.3) is 0 Å². The van der Waals surface area contributed by atoms with Gasteiger partial charge in [-0.15, -0.1) is 0 Å². The van der Waals surface area contributed by atoms with E-state index in [0.29, 0.717) is 19.4 Å². The molecule has 0 spiro atoms. The van der Waals surface area contributed by atoms with Crippen molar-refractivity contribution in [1.82, 2.24) is 29.9 Å². The van der Waals surface area contributed by atoms with Crippen LogP contribution in [-0.2, 0) is 30.8 Å². The van der Waals surface area contributed by atoms with E-state index in [1.54, 1.807) is 11.0 Å². The third-order valence-electron chi connectivity index (χ3n) is 4.35. The molecule has 2 N–H and O–H groups in total. The lowest BCUT2D eigenvalue weighted by molar-refractivity contribution is -0.116. The predicted molar refractivity (Wildman–Crippen MR) is 96.5 cm³/mol. The normalized spacial score (nSPS) is 13.4. The van der Waals surface area contributed by atoms with Crippen LogP contribution >= 0.6 is 0 Å². The fraction of sp³-hybridized carbons (Fsp3) is 0.333. The lowest BCUT2D eigenvalue weighted by atomic mass is 10.2. The Morgan fingerprint density at radius 3 is 3.12 bits per heavy atom. The number of anilines is 1. The van der Waals surface area contributed by atoms with Crippen molar-refractivity contribution in [1.29, 1.82) is 0 Å². The van der Waals surface area contributed by atoms with Gasteiger partial charge in [0, 0.05) is 31.6 Å². The molecule has 3 aromatic rings. The van der Waals surface area contributed by atoms with Gasteiger partial charge in [-0.05, 0) is 23.8 Å². The molecule has 0 aliphatic carbocycles. The van der Waals surface area contributed by atoms with E-state index < -0.39 is 0 Å². The molecule has 2 aromatic heterocycles. The Morgan fingerprint density at radius 1 is 1.31 bits per heavy atom. The monoisotopic (exact) mass is 351 g/mol. The first-order chi connectivity index (χ1) is 12.8. The quantitative estimate of drug-likeness (QED) is 0.696. The van der Waals surface area contributed by atoms with Crippen molar-refractivity contribution in [3.63, 3.8) is 0 Å². The lowest BCUT2D eigenvalue weighted by Crippen LogP contribution is -2.28. The number of carbonyl (C=O) groups excluding carboxylic acids is 1. The van der Waals surface area contributed by atoms with Crippen LogP contribution in [0.2, 0.25) is 0 Å². The highest BCUT2D eigenvalue weighted by atomic mass is 16.1. The average Bonchev–Trinajstić information content (AvgIpc) is 3.29. The van der Waals surface area contributed by atoms with Crippen molar-refractivity contribution >= 4 is 11.6 Å². The van der Waals surface area contributed by atoms with Crippen molar-refractivity contribution in [2.75, 3.05) is 11.9 Å². The molecule has 26 heavy (non-hydrogen) atoms. The van der Waals surface area contributed by atoms with Crippen molar-refractivity contribution in [3.05, 3.63) is 59.9 Å². The molecule has 8 nitrogen and oxygen atoms in total. The highest BCUT2D eigenvalue weighted by molar-refractivity contribution is 5.90. The number of hydrogen-bond acceptors (Lipinski definition) is 5. The summed E-state index contributed by atoms with van der Waals surface area (Å²) in [4.78, 5) is 16.2. The van der Waals surface area contributed by atoms with E-state index in [1.165, 1.54) is 12.0 Å². The van der Waals surface area contributed by atoms with Crippen LogP contribution in [0, 0.1) is 0 Å². The van der Waals surface area contributed by atoms with Crippen molar-refractivity contribution < 1.29 is 4.79 Å². The second-order valence-electron chi connectivity index (χ2n) is 6.37. The fourth-order valence-electron chi connectivity index (χ4n) is 3.09. The smallest absolute Gasteiger partial charge is 0.224 e. The Bertz CT molecular complexity index is 861. The van der Waals surface area contributed by atoms with Crippen molar-refractivity contribution in [2.24, 2.45) is 0 Å². The number of aromatic nitrogens is 5. The third-order valence-corrected chi connectivity index (χ3v) is 4.35. The highest BCUT2D eigenvalue weighted by Gasteiger charge is 2.12. The molecule has 0 fully saturated rings. The Balaban J connectivity index is 1.32. The Hall–Kier alpha value is -3.00. The molecule has 1 aromatic carbocycles. The number of carbonyl (C=O) groups is 1. The van der Waals surface area contributed by atoms with Gasteiger partial charge in [0.1, 0.15) is 12.7 Å². The zero-order valence-corrected chi connectivity index (χ0v) is 14.4. The third kappa shape index (κ3) is 3.97. The van der Waals surface area contributed by atoms with Crippen LogP contribution in [0.5, 0.6) is 0 Å². The minimum atomic E-state index is -0.00740. The standard InChI is InChI=1S/C18H21N7O/c26-18(5-4-16-9-17-10-19-6-7-25(17)23-16)22-15-3-1-2-14(8-15)11-24-13-20-12-21-24/h1-3,8-9,12-13,19H,4-7,10-11H2,(H,22,26). The summed E-state index contributed by atoms with van der Waals surface area (Å²) in [5, 5.41) is 14.9. The summed E-state index contributed by atoms with van der Waals surface area (Å²) in [6.07, 6.45) is 4.24. The van der Waals surface area contributed by atoms with Crippen molar-refractivity contribution in [3.8, 4) is 0 Å². The van der Waals surface area contributed by atoms with Crippen LogP contribution in [0.1, 0.15) is 23.4 Å². The van der Waals surface area contributed by atoms with Gasteiger partial charge in [-0.25, -0.2) is 9.67 Å². The molecule has 8 heteroatoms. The first-order valence-corrected chi connectivity index (χ1v) is 8.74. The van der Waals surface area contributed by atoms with E-state index in [-0.39, 0.29) is 5.91 Å². The summed E-state index contributed by atoms with van der Waals surface area (Å²) in [6.45, 7) is 3.30. The maximum absolute atomic E-state index is 12.3. The zero-order valence-electron chi connectivity index (χ0n) is 14.4. The van der Waals surface area contributed by atoms with Gasteiger partial charge in [-0.3, -0.25) is 9.48 Å². The van der Waals surface area contributed by atoms with Gasteiger partial charge >= 0.3 is 0 Å². The molecule has 0 bridgehead atoms. The SMILES string of the molecule is O=C(CCc1cc2n(n1)CCNC2)Nc1cccc(Cn2cncn2)c1. The van der Waals surface area contributed by atoms with E-state index in [4.69, 9.17) is 0 Å². The number of aryl methyl sites for hydroxylation is 1. The Labute approximate surface area is 151 Å². The summed E-state index contributed by atoms with van der Waals surface area (Å²) in [5.41, 5.74) is 4.01. The highest BCUT2D eigenvalue weighted by Crippen LogP contribution is 2.13. The van der Waals surface area contributed by atoms with Crippen LogP contribution in [0.15, 0.2) is 43.0 Å². The summed E-state index contributed by atoms with van der Waals surface area (Å²) < 4.78 is 3.77. The van der Waals surface area contributed by atoms with Gasteiger partial charge in [0.2, 0.25) is 5.91 Å². The van der Waals surface area contributed by atoms with Crippen LogP contribution in [0.4, 0.5) is 5.69 Å². The first kappa shape index (κ1) is 16.5. The number of nitrogens with zero attached hydrogens (tertiary/aromatic N) is 5. The molecule has 0 atom stereocenters. The maximum atomic E-state index is 12.3. The second kappa shape index (κ2) is 7.49. The summed E-state index contributed by atoms with van der Waals surface area (Å²) in [5.74, 6) is -0.00740. The van der Waals surface area contributed by atoms with E-state index in [9.17, 15) is 4.79 Å². The summed E-state index contributed by atoms with van der Waals surface area (Å²) in [6, 6.07) is 9.86. The van der Waals surface area contributed by atoms with Gasteiger partial charge < -0.3 is 10.6 Å². The molecule has 1 aliphatic rings. The van der Waals surface area contributed by atoms with E-state index in [1.807, 2.05) is 28.9 Å². The number of hydrogen-bond donors (Lipinski definition) is 2. The molecule has 3 heterocycles. The van der Waals surface area contributed by atoms with Gasteiger partial charge in [0.25, 0.3) is 0 Å². The topological polar surface area (TPSA) is 89.7 Å². The first-order valence-electron chi connectivity index (χ1n) is 8.74. The average molecular weight is 351 g/mol. The minimum absolute atomic E-state index is 0.00740. The van der Waals surface area contributed by atoms with Gasteiger partial charge in [0.15, 0.2) is 0 Å².